The molecule has 2 aliphatic heterocycles. The smallest absolute Gasteiger partial charge is 0.337 e. The number of alkyl halides is 3. The van der Waals surface area contributed by atoms with Crippen LogP contribution in [0.5, 0.6) is 0 Å². The summed E-state index contributed by atoms with van der Waals surface area (Å²) in [7, 11) is 0. The fourth-order valence-corrected chi connectivity index (χ4v) is 5.10. The van der Waals surface area contributed by atoms with Crippen molar-refractivity contribution in [2.24, 2.45) is 5.92 Å². The van der Waals surface area contributed by atoms with Crippen LogP contribution >= 0.6 is 0 Å². The quantitative estimate of drug-likeness (QED) is 0.570. The second kappa shape index (κ2) is 10.4. The van der Waals surface area contributed by atoms with Crippen molar-refractivity contribution in [2.45, 2.75) is 70.3 Å². The fraction of sp³-hybridized carbons (Fsp3) is 0.560. The summed E-state index contributed by atoms with van der Waals surface area (Å²) in [5, 5.41) is 14.3. The summed E-state index contributed by atoms with van der Waals surface area (Å²) in [5.74, 6) is -4.10. The molecule has 4 amide bonds. The van der Waals surface area contributed by atoms with Crippen LogP contribution in [0.3, 0.4) is 0 Å². The minimum atomic E-state index is -5.17. The predicted molar refractivity (Wildman–Crippen MR) is 127 cm³/mol. The Hall–Kier alpha value is -3.62. The van der Waals surface area contributed by atoms with E-state index >= 15 is 0 Å². The molecule has 0 bridgehead atoms. The lowest BCUT2D eigenvalue weighted by molar-refractivity contribution is -0.175. The third-order valence-electron chi connectivity index (χ3n) is 6.87. The van der Waals surface area contributed by atoms with E-state index in [4.69, 9.17) is 0 Å². The van der Waals surface area contributed by atoms with Crippen molar-refractivity contribution in [3.63, 3.8) is 0 Å². The Balaban J connectivity index is 1.92. The Labute approximate surface area is 213 Å². The molecule has 2 aliphatic rings. The standard InChI is InChI=1S/C25H30F3N5O4/c1-5-32(20(34)15(4)30-23(37)25(26,27)28)19(10-14(2)3)21(35)33-13-24(11-16(33)12-29)17-8-6-7-9-18(17)31-22(24)36/h6-9,14-16,19H,5,10-11,13H2,1-4H3,(H,30,37)(H,31,36)/t15-,16-,19-,24-/m0/s1. The van der Waals surface area contributed by atoms with E-state index in [-0.39, 0.29) is 37.8 Å². The fourth-order valence-electron chi connectivity index (χ4n) is 5.10. The number of carbonyl (C=O) groups is 4. The molecule has 0 unspecified atom stereocenters. The van der Waals surface area contributed by atoms with Crippen LogP contribution in [0.25, 0.3) is 0 Å². The van der Waals surface area contributed by atoms with Crippen LogP contribution in [-0.2, 0) is 24.6 Å². The normalized spacial score (nSPS) is 22.3. The molecule has 4 atom stereocenters. The number of nitrogens with one attached hydrogen (secondary N) is 2. The lowest BCUT2D eigenvalue weighted by atomic mass is 9.80. The Kier molecular flexibility index (Phi) is 7.86. The first kappa shape index (κ1) is 28.0. The van der Waals surface area contributed by atoms with Gasteiger partial charge in [-0.3, -0.25) is 19.2 Å². The molecule has 37 heavy (non-hydrogen) atoms. The van der Waals surface area contributed by atoms with Gasteiger partial charge in [0.2, 0.25) is 17.7 Å². The van der Waals surface area contributed by atoms with E-state index in [1.165, 1.54) is 4.90 Å². The molecule has 1 aromatic carbocycles. The van der Waals surface area contributed by atoms with Gasteiger partial charge in [0.25, 0.3) is 0 Å². The van der Waals surface area contributed by atoms with Gasteiger partial charge in [-0.1, -0.05) is 32.0 Å². The van der Waals surface area contributed by atoms with Crippen molar-refractivity contribution in [1.29, 1.82) is 5.26 Å². The summed E-state index contributed by atoms with van der Waals surface area (Å²) in [6, 6.07) is 5.55. The van der Waals surface area contributed by atoms with E-state index in [1.807, 2.05) is 13.8 Å². The van der Waals surface area contributed by atoms with E-state index in [1.54, 1.807) is 36.5 Å². The van der Waals surface area contributed by atoms with E-state index in [2.05, 4.69) is 11.4 Å². The number of likely N-dealkylation sites (N-methyl/N-ethyl adjacent to an activating group) is 1. The van der Waals surface area contributed by atoms with Gasteiger partial charge in [-0.05, 0) is 37.8 Å². The van der Waals surface area contributed by atoms with E-state index < -0.39 is 47.4 Å². The molecule has 1 spiro atoms. The molecule has 9 nitrogen and oxygen atoms in total. The lowest BCUT2D eigenvalue weighted by Gasteiger charge is -2.36. The van der Waals surface area contributed by atoms with Crippen molar-refractivity contribution < 1.29 is 32.3 Å². The van der Waals surface area contributed by atoms with Crippen LogP contribution in [-0.4, -0.2) is 70.8 Å². The van der Waals surface area contributed by atoms with Crippen LogP contribution in [0, 0.1) is 17.2 Å². The number of halogens is 3. The Morgan fingerprint density at radius 1 is 1.27 bits per heavy atom. The number of hydrogen-bond acceptors (Lipinski definition) is 5. The lowest BCUT2D eigenvalue weighted by Crippen LogP contribution is -2.57. The number of anilines is 1. The zero-order valence-electron chi connectivity index (χ0n) is 21.1. The Morgan fingerprint density at radius 2 is 1.92 bits per heavy atom. The van der Waals surface area contributed by atoms with Gasteiger partial charge in [-0.15, -0.1) is 0 Å². The average Bonchev–Trinajstić information content (AvgIpc) is 3.35. The number of benzene rings is 1. The highest BCUT2D eigenvalue weighted by Gasteiger charge is 2.57. The van der Waals surface area contributed by atoms with E-state index in [0.717, 1.165) is 11.8 Å². The molecular weight excluding hydrogens is 491 g/mol. The van der Waals surface area contributed by atoms with E-state index in [0.29, 0.717) is 11.3 Å². The summed E-state index contributed by atoms with van der Waals surface area (Å²) in [6.07, 6.45) is -4.92. The molecule has 12 heteroatoms. The number of amides is 4. The molecule has 3 rings (SSSR count). The first-order valence-corrected chi connectivity index (χ1v) is 12.1. The maximum Gasteiger partial charge on any atom is 0.471 e. The van der Waals surface area contributed by atoms with Crippen molar-refractivity contribution in [1.82, 2.24) is 15.1 Å². The number of rotatable bonds is 7. The van der Waals surface area contributed by atoms with Crippen molar-refractivity contribution in [3.8, 4) is 6.07 Å². The molecule has 2 heterocycles. The molecule has 200 valence electrons. The minimum Gasteiger partial charge on any atom is -0.337 e. The van der Waals surface area contributed by atoms with Crippen LogP contribution in [0.2, 0.25) is 0 Å². The third-order valence-corrected chi connectivity index (χ3v) is 6.87. The third kappa shape index (κ3) is 5.26. The second-order valence-corrected chi connectivity index (χ2v) is 9.86. The summed E-state index contributed by atoms with van der Waals surface area (Å²) in [4.78, 5) is 53.9. The number of fused-ring (bicyclic) bond motifs is 2. The molecule has 0 saturated carbocycles. The molecule has 1 aromatic rings. The molecule has 2 N–H and O–H groups in total. The first-order chi connectivity index (χ1) is 17.3. The van der Waals surface area contributed by atoms with Gasteiger partial charge in [0.15, 0.2) is 0 Å². The maximum atomic E-state index is 13.9. The predicted octanol–water partition coefficient (Wildman–Crippen LogP) is 2.33. The summed E-state index contributed by atoms with van der Waals surface area (Å²) in [5.41, 5.74) is 0.170. The minimum absolute atomic E-state index is 0.0201. The summed E-state index contributed by atoms with van der Waals surface area (Å²) >= 11 is 0. The highest BCUT2D eigenvalue weighted by molar-refractivity contribution is 6.07. The second-order valence-electron chi connectivity index (χ2n) is 9.86. The number of carbonyl (C=O) groups excluding carboxylic acids is 4. The van der Waals surface area contributed by atoms with Gasteiger partial charge in [0, 0.05) is 25.2 Å². The van der Waals surface area contributed by atoms with Gasteiger partial charge in [-0.2, -0.15) is 18.4 Å². The zero-order valence-corrected chi connectivity index (χ0v) is 21.1. The van der Waals surface area contributed by atoms with Gasteiger partial charge >= 0.3 is 12.1 Å². The van der Waals surface area contributed by atoms with Crippen LogP contribution in [0.15, 0.2) is 24.3 Å². The van der Waals surface area contributed by atoms with Gasteiger partial charge in [-0.25, -0.2) is 0 Å². The Morgan fingerprint density at radius 3 is 2.49 bits per heavy atom. The van der Waals surface area contributed by atoms with E-state index in [9.17, 15) is 37.6 Å². The van der Waals surface area contributed by atoms with Crippen LogP contribution in [0.4, 0.5) is 18.9 Å². The number of hydrogen-bond donors (Lipinski definition) is 2. The van der Waals surface area contributed by atoms with Gasteiger partial charge in [0.1, 0.15) is 18.1 Å². The van der Waals surface area contributed by atoms with Crippen molar-refractivity contribution >= 4 is 29.3 Å². The monoisotopic (exact) mass is 521 g/mol. The topological polar surface area (TPSA) is 123 Å². The maximum absolute atomic E-state index is 13.9. The number of nitriles is 1. The highest BCUT2D eigenvalue weighted by atomic mass is 19.4. The summed E-state index contributed by atoms with van der Waals surface area (Å²) in [6.45, 7) is 6.24. The highest BCUT2D eigenvalue weighted by Crippen LogP contribution is 2.46. The largest absolute Gasteiger partial charge is 0.471 e. The van der Waals surface area contributed by atoms with Gasteiger partial charge < -0.3 is 20.4 Å². The van der Waals surface area contributed by atoms with Crippen molar-refractivity contribution in [3.05, 3.63) is 29.8 Å². The van der Waals surface area contributed by atoms with Crippen molar-refractivity contribution in [2.75, 3.05) is 18.4 Å². The zero-order chi connectivity index (χ0) is 27.7. The molecule has 0 radical (unpaired) electrons. The molecule has 0 aromatic heterocycles. The SMILES string of the molecule is CCN(C(=O)[C@H](C)NC(=O)C(F)(F)F)[C@@H](CC(C)C)C(=O)N1C[C@]2(C[C@H]1C#N)C(=O)Nc1ccccc12. The number of para-hydroxylation sites is 1. The Bertz CT molecular complexity index is 1130. The molecule has 1 fully saturated rings. The summed E-state index contributed by atoms with van der Waals surface area (Å²) < 4.78 is 38.2. The molecular formula is C25H30F3N5O4. The van der Waals surface area contributed by atoms with Crippen LogP contribution in [0.1, 0.15) is 46.1 Å². The average molecular weight is 522 g/mol. The van der Waals surface area contributed by atoms with Crippen LogP contribution < -0.4 is 10.6 Å². The number of likely N-dealkylation sites (tertiary alicyclic amines) is 1. The van der Waals surface area contributed by atoms with Gasteiger partial charge in [0.05, 0.1) is 11.5 Å². The number of nitrogens with zero attached hydrogens (tertiary/aromatic N) is 3. The molecule has 0 aliphatic carbocycles. The first-order valence-electron chi connectivity index (χ1n) is 12.1. The molecule has 1 saturated heterocycles.